The van der Waals surface area contributed by atoms with Gasteiger partial charge in [0, 0.05) is 12.0 Å². The predicted octanol–water partition coefficient (Wildman–Crippen LogP) is 2.96. The van der Waals surface area contributed by atoms with Gasteiger partial charge in [-0.25, -0.2) is 4.79 Å². The highest BCUT2D eigenvalue weighted by Crippen LogP contribution is 2.18. The number of rotatable bonds is 7. The number of ether oxygens (including phenoxy) is 2. The molecule has 0 saturated heterocycles. The second kappa shape index (κ2) is 8.64. The number of Topliss-reactive ketones (excluding diaryl/α,β-unsaturated/α-hetero) is 1. The molecule has 1 aromatic rings. The van der Waals surface area contributed by atoms with E-state index in [0.717, 1.165) is 10.5 Å². The van der Waals surface area contributed by atoms with Gasteiger partial charge < -0.3 is 9.47 Å². The third-order valence-electron chi connectivity index (χ3n) is 2.54. The smallest absolute Gasteiger partial charge is 0.342 e. The molecule has 0 radical (unpaired) electrons. The maximum atomic E-state index is 12.1. The van der Waals surface area contributed by atoms with Crippen LogP contribution in [0.1, 0.15) is 19.4 Å². The molecule has 114 valence electrons. The Morgan fingerprint density at radius 3 is 2.62 bits per heavy atom. The highest BCUT2D eigenvalue weighted by molar-refractivity contribution is 7.98. The lowest BCUT2D eigenvalue weighted by Crippen LogP contribution is -2.21. The van der Waals surface area contributed by atoms with Crippen molar-refractivity contribution < 1.29 is 19.1 Å². The molecule has 1 rings (SSSR count). The molecule has 0 aromatic heterocycles. The molecule has 0 bridgehead atoms. The van der Waals surface area contributed by atoms with Gasteiger partial charge in [-0.2, -0.15) is 0 Å². The van der Waals surface area contributed by atoms with Gasteiger partial charge in [0.05, 0.1) is 6.10 Å². The number of hydrogen-bond donors (Lipinski definition) is 0. The highest BCUT2D eigenvalue weighted by Gasteiger charge is 2.20. The second-order valence-corrected chi connectivity index (χ2v) is 5.52. The molecule has 0 atom stereocenters. The standard InChI is InChI=1S/C16H20O4S/c1-11(2)20-16(18)14(15(17)10-19-3)9-12-6-5-7-13(8-12)21-4/h5-9,11H,10H2,1-4H3. The van der Waals surface area contributed by atoms with Crippen molar-refractivity contribution in [2.45, 2.75) is 24.8 Å². The van der Waals surface area contributed by atoms with Crippen LogP contribution < -0.4 is 0 Å². The fourth-order valence-corrected chi connectivity index (χ4v) is 2.11. The Morgan fingerprint density at radius 1 is 1.33 bits per heavy atom. The van der Waals surface area contributed by atoms with Crippen LogP contribution in [-0.4, -0.2) is 37.8 Å². The van der Waals surface area contributed by atoms with Crippen molar-refractivity contribution in [2.24, 2.45) is 0 Å². The largest absolute Gasteiger partial charge is 0.459 e. The van der Waals surface area contributed by atoms with E-state index in [4.69, 9.17) is 9.47 Å². The minimum absolute atomic E-state index is 0.00352. The first-order chi connectivity index (χ1) is 9.97. The molecule has 0 fully saturated rings. The molecule has 0 heterocycles. The molecule has 0 amide bonds. The number of benzene rings is 1. The Balaban J connectivity index is 3.12. The Kier molecular flexibility index (Phi) is 7.19. The van der Waals surface area contributed by atoms with Crippen molar-refractivity contribution in [1.29, 1.82) is 0 Å². The zero-order valence-corrected chi connectivity index (χ0v) is 13.5. The molecule has 0 spiro atoms. The third kappa shape index (κ3) is 5.73. The summed E-state index contributed by atoms with van der Waals surface area (Å²) >= 11 is 1.59. The van der Waals surface area contributed by atoms with Crippen molar-refractivity contribution in [3.8, 4) is 0 Å². The van der Waals surface area contributed by atoms with Gasteiger partial charge in [0.15, 0.2) is 5.78 Å². The van der Waals surface area contributed by atoms with Gasteiger partial charge in [0.1, 0.15) is 12.2 Å². The van der Waals surface area contributed by atoms with Crippen LogP contribution in [0.25, 0.3) is 6.08 Å². The summed E-state index contributed by atoms with van der Waals surface area (Å²) in [6.45, 7) is 3.33. The van der Waals surface area contributed by atoms with Crippen LogP contribution in [0.3, 0.4) is 0 Å². The lowest BCUT2D eigenvalue weighted by molar-refractivity contribution is -0.144. The van der Waals surface area contributed by atoms with Crippen LogP contribution >= 0.6 is 11.8 Å². The number of hydrogen-bond acceptors (Lipinski definition) is 5. The number of esters is 1. The zero-order chi connectivity index (χ0) is 15.8. The Hall–Kier alpha value is -1.59. The van der Waals surface area contributed by atoms with Gasteiger partial charge in [-0.1, -0.05) is 12.1 Å². The number of methoxy groups -OCH3 is 1. The predicted molar refractivity (Wildman–Crippen MR) is 84.3 cm³/mol. The van der Waals surface area contributed by atoms with Crippen molar-refractivity contribution in [3.05, 3.63) is 35.4 Å². The summed E-state index contributed by atoms with van der Waals surface area (Å²) in [6.07, 6.45) is 3.23. The van der Waals surface area contributed by atoms with Crippen molar-refractivity contribution in [1.82, 2.24) is 0 Å². The Bertz CT molecular complexity index is 535. The molecule has 4 nitrogen and oxygen atoms in total. The first-order valence-electron chi connectivity index (χ1n) is 6.56. The van der Waals surface area contributed by atoms with Gasteiger partial charge in [-0.05, 0) is 43.9 Å². The van der Waals surface area contributed by atoms with E-state index in [1.807, 2.05) is 30.5 Å². The third-order valence-corrected chi connectivity index (χ3v) is 3.27. The Morgan fingerprint density at radius 2 is 2.05 bits per heavy atom. The Labute approximate surface area is 129 Å². The molecule has 0 aliphatic heterocycles. The van der Waals surface area contributed by atoms with E-state index in [9.17, 15) is 9.59 Å². The molecular weight excluding hydrogens is 288 g/mol. The van der Waals surface area contributed by atoms with Crippen LogP contribution in [0.4, 0.5) is 0 Å². The van der Waals surface area contributed by atoms with E-state index in [-0.39, 0.29) is 18.3 Å². The summed E-state index contributed by atoms with van der Waals surface area (Å²) in [5.74, 6) is -1.01. The van der Waals surface area contributed by atoms with Crippen molar-refractivity contribution in [2.75, 3.05) is 20.0 Å². The minimum Gasteiger partial charge on any atom is -0.459 e. The van der Waals surface area contributed by atoms with Crippen molar-refractivity contribution in [3.63, 3.8) is 0 Å². The number of carbonyl (C=O) groups excluding carboxylic acids is 2. The van der Waals surface area contributed by atoms with Gasteiger partial charge in [-0.15, -0.1) is 11.8 Å². The lowest BCUT2D eigenvalue weighted by atomic mass is 10.1. The summed E-state index contributed by atoms with van der Waals surface area (Å²) in [7, 11) is 1.41. The van der Waals surface area contributed by atoms with E-state index in [2.05, 4.69) is 0 Å². The molecule has 5 heteroatoms. The quantitative estimate of drug-likeness (QED) is 0.255. The average molecular weight is 308 g/mol. The van der Waals surface area contributed by atoms with Gasteiger partial charge >= 0.3 is 5.97 Å². The maximum Gasteiger partial charge on any atom is 0.342 e. The van der Waals surface area contributed by atoms with E-state index < -0.39 is 11.8 Å². The molecule has 0 unspecified atom stereocenters. The maximum absolute atomic E-state index is 12.1. The summed E-state index contributed by atoms with van der Waals surface area (Å²) in [5, 5.41) is 0. The van der Waals surface area contributed by atoms with Gasteiger partial charge in [-0.3, -0.25) is 4.79 Å². The summed E-state index contributed by atoms with van der Waals surface area (Å²) in [5.41, 5.74) is 0.783. The zero-order valence-electron chi connectivity index (χ0n) is 12.7. The average Bonchev–Trinajstić information content (AvgIpc) is 2.44. The fourth-order valence-electron chi connectivity index (χ4n) is 1.64. The van der Waals surface area contributed by atoms with Crippen LogP contribution in [0, 0.1) is 0 Å². The second-order valence-electron chi connectivity index (χ2n) is 4.64. The topological polar surface area (TPSA) is 52.6 Å². The number of ketones is 1. The fraction of sp³-hybridized carbons (Fsp3) is 0.375. The minimum atomic E-state index is -0.624. The SMILES string of the molecule is COCC(=O)C(=Cc1cccc(SC)c1)C(=O)OC(C)C. The first kappa shape index (κ1) is 17.5. The molecule has 0 saturated carbocycles. The first-order valence-corrected chi connectivity index (χ1v) is 7.79. The molecular formula is C16H20O4S. The molecule has 0 N–H and O–H groups in total. The van der Waals surface area contributed by atoms with E-state index in [1.165, 1.54) is 7.11 Å². The van der Waals surface area contributed by atoms with Crippen LogP contribution in [0.15, 0.2) is 34.7 Å². The molecule has 0 aliphatic rings. The number of thioether (sulfide) groups is 1. The van der Waals surface area contributed by atoms with Crippen LogP contribution in [0.5, 0.6) is 0 Å². The molecule has 21 heavy (non-hydrogen) atoms. The van der Waals surface area contributed by atoms with Gasteiger partial charge in [0.25, 0.3) is 0 Å². The van der Waals surface area contributed by atoms with Crippen LogP contribution in [-0.2, 0) is 19.1 Å². The highest BCUT2D eigenvalue weighted by atomic mass is 32.2. The summed E-state index contributed by atoms with van der Waals surface area (Å²) < 4.78 is 9.94. The molecule has 1 aromatic carbocycles. The summed E-state index contributed by atoms with van der Waals surface area (Å²) in [6, 6.07) is 7.59. The summed E-state index contributed by atoms with van der Waals surface area (Å²) in [4.78, 5) is 25.1. The lowest BCUT2D eigenvalue weighted by Gasteiger charge is -2.10. The monoisotopic (exact) mass is 308 g/mol. The molecule has 0 aliphatic carbocycles. The number of carbonyl (C=O) groups is 2. The van der Waals surface area contributed by atoms with E-state index >= 15 is 0 Å². The van der Waals surface area contributed by atoms with E-state index in [1.54, 1.807) is 31.7 Å². The van der Waals surface area contributed by atoms with E-state index in [0.29, 0.717) is 0 Å². The van der Waals surface area contributed by atoms with Crippen molar-refractivity contribution >= 4 is 29.6 Å². The normalized spacial score (nSPS) is 11.6. The van der Waals surface area contributed by atoms with Gasteiger partial charge in [0.2, 0.25) is 0 Å². The van der Waals surface area contributed by atoms with Crippen LogP contribution in [0.2, 0.25) is 0 Å².